The molecule has 1 aliphatic rings. The standard InChI is InChI=1S/C14H18BrN/c1-11-6-2-5-9-14(11)16-10-12-7-3-4-8-13(12)15/h3-4,7-8,11H,2,5-6,9-10H2,1H3. The summed E-state index contributed by atoms with van der Waals surface area (Å²) in [5, 5.41) is 0. The summed E-state index contributed by atoms with van der Waals surface area (Å²) >= 11 is 3.57. The Morgan fingerprint density at radius 2 is 2.12 bits per heavy atom. The number of benzene rings is 1. The highest BCUT2D eigenvalue weighted by Crippen LogP contribution is 2.23. The van der Waals surface area contributed by atoms with E-state index < -0.39 is 0 Å². The van der Waals surface area contributed by atoms with Crippen LogP contribution in [-0.4, -0.2) is 5.71 Å². The van der Waals surface area contributed by atoms with Crippen molar-refractivity contribution in [3.05, 3.63) is 34.3 Å². The van der Waals surface area contributed by atoms with Crippen molar-refractivity contribution in [1.29, 1.82) is 0 Å². The first-order valence-electron chi connectivity index (χ1n) is 6.04. The van der Waals surface area contributed by atoms with Crippen LogP contribution in [0.25, 0.3) is 0 Å². The van der Waals surface area contributed by atoms with Crippen LogP contribution in [0.2, 0.25) is 0 Å². The maximum atomic E-state index is 4.78. The summed E-state index contributed by atoms with van der Waals surface area (Å²) in [6.45, 7) is 3.12. The van der Waals surface area contributed by atoms with Crippen LogP contribution in [0.3, 0.4) is 0 Å². The Morgan fingerprint density at radius 3 is 2.88 bits per heavy atom. The zero-order valence-electron chi connectivity index (χ0n) is 9.75. The van der Waals surface area contributed by atoms with Gasteiger partial charge in [-0.3, -0.25) is 4.99 Å². The zero-order chi connectivity index (χ0) is 11.4. The molecule has 0 amide bonds. The molecule has 0 N–H and O–H groups in total. The molecule has 2 rings (SSSR count). The molecule has 0 bridgehead atoms. The second-order valence-corrected chi connectivity index (χ2v) is 5.40. The Bertz CT molecular complexity index is 384. The van der Waals surface area contributed by atoms with Crippen LogP contribution < -0.4 is 0 Å². The van der Waals surface area contributed by atoms with Gasteiger partial charge in [-0.05, 0) is 36.8 Å². The van der Waals surface area contributed by atoms with Crippen molar-refractivity contribution >= 4 is 21.6 Å². The summed E-state index contributed by atoms with van der Waals surface area (Å²) in [5.74, 6) is 0.691. The Kier molecular flexibility index (Phi) is 4.16. The molecule has 0 spiro atoms. The molecule has 2 heteroatoms. The van der Waals surface area contributed by atoms with Gasteiger partial charge in [0.25, 0.3) is 0 Å². The van der Waals surface area contributed by atoms with Crippen LogP contribution in [0.15, 0.2) is 33.7 Å². The Hall–Kier alpha value is -0.630. The average molecular weight is 280 g/mol. The summed E-state index contributed by atoms with van der Waals surface area (Å²) < 4.78 is 1.17. The second kappa shape index (κ2) is 5.62. The van der Waals surface area contributed by atoms with Crippen molar-refractivity contribution in [2.24, 2.45) is 10.9 Å². The van der Waals surface area contributed by atoms with Gasteiger partial charge in [-0.2, -0.15) is 0 Å². The molecular formula is C14H18BrN. The monoisotopic (exact) mass is 279 g/mol. The maximum absolute atomic E-state index is 4.78. The van der Waals surface area contributed by atoms with Crippen molar-refractivity contribution in [2.75, 3.05) is 0 Å². The van der Waals surface area contributed by atoms with E-state index in [0.717, 1.165) is 6.54 Å². The molecule has 1 nitrogen and oxygen atoms in total. The molecule has 0 heterocycles. The fourth-order valence-electron chi connectivity index (χ4n) is 2.22. The fourth-order valence-corrected chi connectivity index (χ4v) is 2.63. The van der Waals surface area contributed by atoms with E-state index in [1.807, 2.05) is 6.07 Å². The van der Waals surface area contributed by atoms with Gasteiger partial charge in [0.05, 0.1) is 6.54 Å². The summed E-state index contributed by atoms with van der Waals surface area (Å²) in [6.07, 6.45) is 5.20. The molecule has 1 saturated carbocycles. The Labute approximate surface area is 106 Å². The lowest BCUT2D eigenvalue weighted by molar-refractivity contribution is 0.556. The van der Waals surface area contributed by atoms with Gasteiger partial charge >= 0.3 is 0 Å². The molecule has 86 valence electrons. The van der Waals surface area contributed by atoms with E-state index in [0.29, 0.717) is 5.92 Å². The normalized spacial score (nSPS) is 23.6. The van der Waals surface area contributed by atoms with Gasteiger partial charge in [-0.25, -0.2) is 0 Å². The van der Waals surface area contributed by atoms with Crippen LogP contribution in [0.5, 0.6) is 0 Å². The lowest BCUT2D eigenvalue weighted by Gasteiger charge is -2.20. The van der Waals surface area contributed by atoms with E-state index >= 15 is 0 Å². The molecule has 0 aromatic heterocycles. The molecule has 1 aliphatic carbocycles. The van der Waals surface area contributed by atoms with E-state index in [4.69, 9.17) is 4.99 Å². The number of nitrogens with zero attached hydrogens (tertiary/aromatic N) is 1. The average Bonchev–Trinajstić information content (AvgIpc) is 2.30. The molecule has 1 fully saturated rings. The first-order valence-corrected chi connectivity index (χ1v) is 6.83. The van der Waals surface area contributed by atoms with Crippen LogP contribution >= 0.6 is 15.9 Å². The predicted molar refractivity (Wildman–Crippen MR) is 72.9 cm³/mol. The van der Waals surface area contributed by atoms with Gasteiger partial charge in [0.1, 0.15) is 0 Å². The highest BCUT2D eigenvalue weighted by atomic mass is 79.9. The number of hydrogen-bond donors (Lipinski definition) is 0. The summed E-state index contributed by atoms with van der Waals surface area (Å²) in [7, 11) is 0. The molecule has 0 aliphatic heterocycles. The van der Waals surface area contributed by atoms with Crippen LogP contribution in [0.4, 0.5) is 0 Å². The summed E-state index contributed by atoms with van der Waals surface area (Å²) in [6, 6.07) is 8.34. The van der Waals surface area contributed by atoms with Crippen molar-refractivity contribution in [3.63, 3.8) is 0 Å². The molecule has 16 heavy (non-hydrogen) atoms. The molecule has 1 unspecified atom stereocenters. The highest BCUT2D eigenvalue weighted by molar-refractivity contribution is 9.10. The quantitative estimate of drug-likeness (QED) is 0.750. The number of aliphatic imine (C=N–C) groups is 1. The first-order chi connectivity index (χ1) is 7.77. The number of halogens is 1. The minimum atomic E-state index is 0.691. The van der Waals surface area contributed by atoms with Crippen LogP contribution in [0.1, 0.15) is 38.2 Å². The van der Waals surface area contributed by atoms with Crippen LogP contribution in [0, 0.1) is 5.92 Å². The summed E-state index contributed by atoms with van der Waals surface area (Å²) in [4.78, 5) is 4.78. The molecule has 0 radical (unpaired) electrons. The van der Waals surface area contributed by atoms with Crippen molar-refractivity contribution in [2.45, 2.75) is 39.2 Å². The van der Waals surface area contributed by atoms with E-state index in [1.165, 1.54) is 41.4 Å². The number of hydrogen-bond acceptors (Lipinski definition) is 1. The minimum Gasteiger partial charge on any atom is -0.289 e. The smallest absolute Gasteiger partial charge is 0.0650 e. The topological polar surface area (TPSA) is 12.4 Å². The van der Waals surface area contributed by atoms with E-state index in [1.54, 1.807) is 0 Å². The Morgan fingerprint density at radius 1 is 1.31 bits per heavy atom. The largest absolute Gasteiger partial charge is 0.289 e. The third kappa shape index (κ3) is 2.94. The van der Waals surface area contributed by atoms with Crippen LogP contribution in [-0.2, 0) is 6.54 Å². The van der Waals surface area contributed by atoms with Gasteiger partial charge < -0.3 is 0 Å². The van der Waals surface area contributed by atoms with Gasteiger partial charge in [0.2, 0.25) is 0 Å². The van der Waals surface area contributed by atoms with Crippen molar-refractivity contribution in [3.8, 4) is 0 Å². The zero-order valence-corrected chi connectivity index (χ0v) is 11.3. The third-order valence-corrected chi connectivity index (χ3v) is 4.07. The lowest BCUT2D eigenvalue weighted by Crippen LogP contribution is -2.16. The van der Waals surface area contributed by atoms with Crippen molar-refractivity contribution in [1.82, 2.24) is 0 Å². The van der Waals surface area contributed by atoms with Gasteiger partial charge in [-0.15, -0.1) is 0 Å². The SMILES string of the molecule is CC1CCCCC1=NCc1ccccc1Br. The lowest BCUT2D eigenvalue weighted by atomic mass is 9.89. The Balaban J connectivity index is 2.05. The van der Waals surface area contributed by atoms with Gasteiger partial charge in [-0.1, -0.05) is 47.5 Å². The fraction of sp³-hybridized carbons (Fsp3) is 0.500. The van der Waals surface area contributed by atoms with Gasteiger partial charge in [0.15, 0.2) is 0 Å². The molecule has 1 atom stereocenters. The predicted octanol–water partition coefficient (Wildman–Crippen LogP) is 4.60. The molecule has 1 aromatic carbocycles. The minimum absolute atomic E-state index is 0.691. The number of rotatable bonds is 2. The molecule has 1 aromatic rings. The second-order valence-electron chi connectivity index (χ2n) is 4.55. The van der Waals surface area contributed by atoms with E-state index in [-0.39, 0.29) is 0 Å². The van der Waals surface area contributed by atoms with E-state index in [2.05, 4.69) is 41.1 Å². The molecular weight excluding hydrogens is 262 g/mol. The third-order valence-electron chi connectivity index (χ3n) is 3.30. The maximum Gasteiger partial charge on any atom is 0.0650 e. The van der Waals surface area contributed by atoms with Crippen molar-refractivity contribution < 1.29 is 0 Å². The highest BCUT2D eigenvalue weighted by Gasteiger charge is 2.15. The summed E-state index contributed by atoms with van der Waals surface area (Å²) in [5.41, 5.74) is 2.70. The first kappa shape index (κ1) is 11.8. The van der Waals surface area contributed by atoms with E-state index in [9.17, 15) is 0 Å². The molecule has 0 saturated heterocycles. The van der Waals surface area contributed by atoms with Gasteiger partial charge in [0, 0.05) is 10.2 Å².